The number of furan rings is 1. The fraction of sp³-hybridized carbons (Fsp3) is 0.500. The van der Waals surface area contributed by atoms with E-state index >= 15 is 0 Å². The number of nitrogens with zero attached hydrogens (tertiary/aromatic N) is 5. The first-order chi connectivity index (χ1) is 20.7. The highest BCUT2D eigenvalue weighted by Crippen LogP contribution is 2.43. The minimum Gasteiger partial charge on any atom is -0.460 e. The van der Waals surface area contributed by atoms with E-state index in [9.17, 15) is 18.3 Å². The number of aliphatic imine (C=N–C) groups is 1. The molecule has 3 atom stereocenters. The molecule has 0 radical (unpaired) electrons. The van der Waals surface area contributed by atoms with Gasteiger partial charge in [0, 0.05) is 31.1 Å². The van der Waals surface area contributed by atoms with Crippen LogP contribution < -0.4 is 4.90 Å². The highest BCUT2D eigenvalue weighted by atomic mass is 19.4. The first kappa shape index (κ1) is 28.1. The van der Waals surface area contributed by atoms with E-state index in [-0.39, 0.29) is 36.1 Å². The van der Waals surface area contributed by atoms with Gasteiger partial charge in [0.15, 0.2) is 11.4 Å². The normalized spacial score (nSPS) is 26.3. The molecule has 0 bridgehead atoms. The summed E-state index contributed by atoms with van der Waals surface area (Å²) in [5, 5.41) is 9.87. The van der Waals surface area contributed by atoms with Crippen molar-refractivity contribution in [3.63, 3.8) is 0 Å². The van der Waals surface area contributed by atoms with Gasteiger partial charge in [0.25, 0.3) is 6.02 Å². The smallest absolute Gasteiger partial charge is 0.451 e. The lowest BCUT2D eigenvalue weighted by Crippen LogP contribution is -2.44. The molecule has 10 nitrogen and oxygen atoms in total. The number of allylic oxidation sites excluding steroid dienone is 2. The Morgan fingerprint density at radius 3 is 2.77 bits per heavy atom. The molecule has 5 heterocycles. The Bertz CT molecular complexity index is 1610. The number of hydrogen-bond acceptors (Lipinski definition) is 10. The maximum Gasteiger partial charge on any atom is 0.451 e. The Labute approximate surface area is 245 Å². The zero-order valence-electron chi connectivity index (χ0n) is 23.6. The van der Waals surface area contributed by atoms with Crippen LogP contribution in [0.15, 0.2) is 57.6 Å². The van der Waals surface area contributed by atoms with Gasteiger partial charge in [0.1, 0.15) is 29.5 Å². The van der Waals surface area contributed by atoms with Gasteiger partial charge in [-0.1, -0.05) is 24.3 Å². The van der Waals surface area contributed by atoms with Crippen LogP contribution in [-0.2, 0) is 20.4 Å². The summed E-state index contributed by atoms with van der Waals surface area (Å²) in [5.74, 6) is -1.25. The zero-order valence-corrected chi connectivity index (χ0v) is 23.6. The van der Waals surface area contributed by atoms with Crippen molar-refractivity contribution < 1.29 is 36.9 Å². The van der Waals surface area contributed by atoms with Crippen LogP contribution >= 0.6 is 0 Å². The maximum absolute atomic E-state index is 14.0. The standard InChI is InChI=1S/C30H32F3N5O5/c1-29-11-5-4-8-23(29)38(18-9-12-40-13-10-18)28(36-29)42-20-14-19(16-41-17-39)37(15-20)26-25-24(34-27(35-26)30(31,32)33)21-6-2-3-7-22(21)43-25/h2-8,18-20,39H,9-17H2,1H3/t19-,20-,29?/m0/s1. The largest absolute Gasteiger partial charge is 0.460 e. The third-order valence-corrected chi connectivity index (χ3v) is 8.60. The summed E-state index contributed by atoms with van der Waals surface area (Å²) in [7, 11) is 0. The fourth-order valence-corrected chi connectivity index (χ4v) is 6.54. The number of fused-ring (bicyclic) bond motifs is 4. The number of aromatic nitrogens is 2. The maximum atomic E-state index is 14.0. The Hall–Kier alpha value is -3.68. The molecule has 1 aliphatic carbocycles. The molecule has 2 aromatic heterocycles. The third kappa shape index (κ3) is 5.02. The average Bonchev–Trinajstić information content (AvgIpc) is 3.66. The Morgan fingerprint density at radius 1 is 1.16 bits per heavy atom. The van der Waals surface area contributed by atoms with Crippen molar-refractivity contribution in [3.05, 3.63) is 54.0 Å². The van der Waals surface area contributed by atoms with E-state index in [1.807, 2.05) is 6.08 Å². The highest BCUT2D eigenvalue weighted by molar-refractivity contribution is 6.05. The number of alkyl halides is 3. The number of hydrogen-bond donors (Lipinski definition) is 1. The van der Waals surface area contributed by atoms with E-state index < -0.39 is 36.5 Å². The Balaban J connectivity index is 1.25. The van der Waals surface area contributed by atoms with Gasteiger partial charge in [0.2, 0.25) is 5.82 Å². The molecule has 7 rings (SSSR count). The number of amidine groups is 1. The number of benzene rings is 1. The van der Waals surface area contributed by atoms with Crippen molar-refractivity contribution in [2.45, 2.75) is 62.5 Å². The molecule has 4 aliphatic rings. The van der Waals surface area contributed by atoms with Crippen molar-refractivity contribution in [1.82, 2.24) is 14.9 Å². The van der Waals surface area contributed by atoms with E-state index in [2.05, 4.69) is 33.9 Å². The topological polar surface area (TPSA) is 106 Å². The summed E-state index contributed by atoms with van der Waals surface area (Å²) in [4.78, 5) is 16.8. The minimum atomic E-state index is -4.77. The van der Waals surface area contributed by atoms with Crippen LogP contribution in [0.2, 0.25) is 0 Å². The number of aliphatic hydroxyl groups excluding tert-OH is 1. The van der Waals surface area contributed by atoms with Gasteiger partial charge >= 0.3 is 6.18 Å². The van der Waals surface area contributed by atoms with Crippen molar-refractivity contribution in [2.75, 3.05) is 38.1 Å². The van der Waals surface area contributed by atoms with Crippen molar-refractivity contribution in [2.24, 2.45) is 4.99 Å². The van der Waals surface area contributed by atoms with Crippen LogP contribution in [0.1, 0.15) is 38.4 Å². The first-order valence-corrected chi connectivity index (χ1v) is 14.5. The second kappa shape index (κ2) is 10.8. The molecule has 0 amide bonds. The van der Waals surface area contributed by atoms with E-state index in [1.165, 1.54) is 0 Å². The molecule has 0 spiro atoms. The summed E-state index contributed by atoms with van der Waals surface area (Å²) in [6, 6.07) is 7.03. The average molecular weight is 600 g/mol. The van der Waals surface area contributed by atoms with Crippen LogP contribution in [0.5, 0.6) is 0 Å². The summed E-state index contributed by atoms with van der Waals surface area (Å²) in [6.07, 6.45) is 3.77. The van der Waals surface area contributed by atoms with Crippen LogP contribution in [0.4, 0.5) is 19.0 Å². The molecule has 2 saturated heterocycles. The molecule has 1 N–H and O–H groups in total. The van der Waals surface area contributed by atoms with Gasteiger partial charge in [-0.3, -0.25) is 4.90 Å². The third-order valence-electron chi connectivity index (χ3n) is 8.60. The van der Waals surface area contributed by atoms with Crippen LogP contribution in [0, 0.1) is 0 Å². The zero-order chi connectivity index (χ0) is 29.8. The van der Waals surface area contributed by atoms with Crippen LogP contribution in [0.3, 0.4) is 0 Å². The lowest BCUT2D eigenvalue weighted by Gasteiger charge is -2.37. The van der Waals surface area contributed by atoms with Gasteiger partial charge in [-0.25, -0.2) is 15.0 Å². The number of rotatable bonds is 6. The molecule has 3 aliphatic heterocycles. The number of aliphatic hydroxyl groups is 1. The van der Waals surface area contributed by atoms with E-state index in [1.54, 1.807) is 29.2 Å². The number of anilines is 1. The summed E-state index contributed by atoms with van der Waals surface area (Å²) in [6.45, 7) is 3.10. The molecule has 43 heavy (non-hydrogen) atoms. The summed E-state index contributed by atoms with van der Waals surface area (Å²) in [5.41, 5.74) is 1.26. The Kier molecular flexibility index (Phi) is 7.06. The van der Waals surface area contributed by atoms with Gasteiger partial charge < -0.3 is 28.6 Å². The van der Waals surface area contributed by atoms with Gasteiger partial charge in [-0.15, -0.1) is 0 Å². The van der Waals surface area contributed by atoms with Crippen molar-refractivity contribution in [1.29, 1.82) is 0 Å². The van der Waals surface area contributed by atoms with Crippen molar-refractivity contribution >= 4 is 33.9 Å². The summed E-state index contributed by atoms with van der Waals surface area (Å²) >= 11 is 0. The van der Waals surface area contributed by atoms with Crippen LogP contribution in [0.25, 0.3) is 22.1 Å². The van der Waals surface area contributed by atoms with E-state index in [4.69, 9.17) is 23.6 Å². The predicted molar refractivity (Wildman–Crippen MR) is 151 cm³/mol. The second-order valence-electron chi connectivity index (χ2n) is 11.5. The monoisotopic (exact) mass is 599 g/mol. The predicted octanol–water partition coefficient (Wildman–Crippen LogP) is 4.78. The van der Waals surface area contributed by atoms with Gasteiger partial charge in [0.05, 0.1) is 24.9 Å². The van der Waals surface area contributed by atoms with Gasteiger partial charge in [-0.2, -0.15) is 13.2 Å². The quantitative estimate of drug-likeness (QED) is 0.401. The number of ether oxygens (including phenoxy) is 3. The fourth-order valence-electron chi connectivity index (χ4n) is 6.54. The molecule has 13 heteroatoms. The molecular weight excluding hydrogens is 567 g/mol. The van der Waals surface area contributed by atoms with E-state index in [0.717, 1.165) is 25.0 Å². The summed E-state index contributed by atoms with van der Waals surface area (Å²) < 4.78 is 65.8. The van der Waals surface area contributed by atoms with Crippen molar-refractivity contribution in [3.8, 4) is 0 Å². The molecule has 1 aromatic carbocycles. The second-order valence-corrected chi connectivity index (χ2v) is 11.5. The lowest BCUT2D eigenvalue weighted by molar-refractivity contribution is -0.144. The minimum absolute atomic E-state index is 0.00773. The molecule has 2 fully saturated rings. The highest BCUT2D eigenvalue weighted by Gasteiger charge is 2.47. The van der Waals surface area contributed by atoms with Gasteiger partial charge in [-0.05, 0) is 44.4 Å². The number of halogens is 3. The van der Waals surface area contributed by atoms with Crippen LogP contribution in [-0.4, -0.2) is 82.9 Å². The molecule has 3 aromatic rings. The van der Waals surface area contributed by atoms with E-state index in [0.29, 0.717) is 36.6 Å². The lowest BCUT2D eigenvalue weighted by atomic mass is 9.90. The first-order valence-electron chi connectivity index (χ1n) is 14.5. The molecule has 1 unspecified atom stereocenters. The SMILES string of the molecule is CC12CC=CC=C1N(C1CCOCC1)C(O[C@H]1C[C@@H](COCO)N(c3nc(C(F)(F)F)nc4c3oc3ccccc34)C1)=N2. The molecule has 228 valence electrons. The molecular formula is C30H32F3N5O5. The Morgan fingerprint density at radius 2 is 1.98 bits per heavy atom. The molecule has 0 saturated carbocycles. The number of para-hydroxylation sites is 1.